The van der Waals surface area contributed by atoms with E-state index in [1.807, 2.05) is 121 Å². The molecule has 7 rings (SSSR count). The highest BCUT2D eigenvalue weighted by Gasteiger charge is 2.38. The van der Waals surface area contributed by atoms with Gasteiger partial charge < -0.3 is 35.1 Å². The second kappa shape index (κ2) is 18.1. The number of para-hydroxylation sites is 1. The number of aliphatic hydroxyl groups excluding tert-OH is 1. The molecule has 284 valence electrons. The number of amides is 2. The summed E-state index contributed by atoms with van der Waals surface area (Å²) >= 11 is 1.62. The van der Waals surface area contributed by atoms with E-state index in [1.165, 1.54) is 0 Å². The number of nitrogens with one attached hydrogen (secondary N) is 2. The number of ether oxygens (including phenoxy) is 3. The van der Waals surface area contributed by atoms with Crippen LogP contribution in [0.25, 0.3) is 11.1 Å². The maximum absolute atomic E-state index is 12.7. The SMILES string of the molecule is C[C@@H]1[C@H](CSc2ccc(C(=O)O)cc2)O[C@H](c2ccc(-c3cccc(CNC(=O)Nc4ccc(Oc5ccccc5)cc4)c3)cc2)O[C@@H]1c1ccc(CO)cc1. The molecule has 1 fully saturated rings. The Morgan fingerprint density at radius 2 is 1.41 bits per heavy atom. The first-order valence-electron chi connectivity index (χ1n) is 18.3. The normalized spacial score (nSPS) is 17.8. The number of aromatic carboxylic acids is 1. The van der Waals surface area contributed by atoms with Crippen LogP contribution < -0.4 is 15.4 Å². The highest BCUT2D eigenvalue weighted by Crippen LogP contribution is 2.43. The lowest BCUT2D eigenvalue weighted by molar-refractivity contribution is -0.268. The number of hydrogen-bond donors (Lipinski definition) is 4. The molecule has 6 aromatic carbocycles. The van der Waals surface area contributed by atoms with Crippen molar-refractivity contribution in [1.29, 1.82) is 0 Å². The molecule has 0 aliphatic carbocycles. The molecule has 0 spiro atoms. The first-order chi connectivity index (χ1) is 27.3. The van der Waals surface area contributed by atoms with Crippen LogP contribution in [0.3, 0.4) is 0 Å². The Hall–Kier alpha value is -5.91. The van der Waals surface area contributed by atoms with Gasteiger partial charge in [0.2, 0.25) is 0 Å². The third kappa shape index (κ3) is 9.84. The van der Waals surface area contributed by atoms with Gasteiger partial charge in [0.15, 0.2) is 6.29 Å². The van der Waals surface area contributed by atoms with E-state index in [2.05, 4.69) is 23.6 Å². The van der Waals surface area contributed by atoms with E-state index in [0.717, 1.165) is 44.0 Å². The lowest BCUT2D eigenvalue weighted by Gasteiger charge is -2.41. The van der Waals surface area contributed by atoms with Gasteiger partial charge in [0, 0.05) is 34.4 Å². The smallest absolute Gasteiger partial charge is 0.335 e. The molecule has 4 atom stereocenters. The van der Waals surface area contributed by atoms with Crippen molar-refractivity contribution in [3.05, 3.63) is 179 Å². The molecule has 4 N–H and O–H groups in total. The Morgan fingerprint density at radius 3 is 2.11 bits per heavy atom. The molecule has 1 aliphatic rings. The fourth-order valence-electron chi connectivity index (χ4n) is 6.46. The monoisotopic (exact) mass is 766 g/mol. The van der Waals surface area contributed by atoms with Crippen molar-refractivity contribution in [2.45, 2.75) is 43.5 Å². The number of rotatable bonds is 13. The Balaban J connectivity index is 0.989. The predicted octanol–water partition coefficient (Wildman–Crippen LogP) is 10.2. The van der Waals surface area contributed by atoms with Crippen LogP contribution in [0.2, 0.25) is 0 Å². The van der Waals surface area contributed by atoms with Crippen LogP contribution in [0.15, 0.2) is 157 Å². The molecule has 1 heterocycles. The summed E-state index contributed by atoms with van der Waals surface area (Å²) in [6.07, 6.45) is -1.05. The molecule has 0 radical (unpaired) electrons. The highest BCUT2D eigenvalue weighted by molar-refractivity contribution is 7.99. The minimum Gasteiger partial charge on any atom is -0.478 e. The van der Waals surface area contributed by atoms with E-state index in [9.17, 15) is 19.8 Å². The number of benzene rings is 6. The Morgan fingerprint density at radius 1 is 0.714 bits per heavy atom. The largest absolute Gasteiger partial charge is 0.478 e. The van der Waals surface area contributed by atoms with Crippen molar-refractivity contribution in [1.82, 2.24) is 5.32 Å². The number of carboxylic acid groups (broad SMARTS) is 1. The summed E-state index contributed by atoms with van der Waals surface area (Å²) in [6.45, 7) is 2.43. The van der Waals surface area contributed by atoms with E-state index in [4.69, 9.17) is 14.2 Å². The van der Waals surface area contributed by atoms with Gasteiger partial charge in [0.05, 0.1) is 24.4 Å². The van der Waals surface area contributed by atoms with Gasteiger partial charge in [-0.2, -0.15) is 0 Å². The van der Waals surface area contributed by atoms with Gasteiger partial charge in [-0.25, -0.2) is 9.59 Å². The molecule has 9 nitrogen and oxygen atoms in total. The van der Waals surface area contributed by atoms with Crippen molar-refractivity contribution in [3.8, 4) is 22.6 Å². The summed E-state index contributed by atoms with van der Waals surface area (Å²) in [4.78, 5) is 25.0. The summed E-state index contributed by atoms with van der Waals surface area (Å²) in [6, 6.07) is 47.3. The number of carbonyl (C=O) groups is 2. The van der Waals surface area contributed by atoms with E-state index in [1.54, 1.807) is 36.0 Å². The number of carbonyl (C=O) groups excluding carboxylic acids is 1. The van der Waals surface area contributed by atoms with Crippen molar-refractivity contribution >= 4 is 29.4 Å². The third-order valence-electron chi connectivity index (χ3n) is 9.63. The zero-order chi connectivity index (χ0) is 38.9. The van der Waals surface area contributed by atoms with Gasteiger partial charge in [-0.1, -0.05) is 91.9 Å². The van der Waals surface area contributed by atoms with Gasteiger partial charge in [-0.3, -0.25) is 0 Å². The van der Waals surface area contributed by atoms with Crippen LogP contribution in [0, 0.1) is 5.92 Å². The summed E-state index contributed by atoms with van der Waals surface area (Å²) in [5, 5.41) is 24.7. The number of thioether (sulfide) groups is 1. The molecule has 2 amide bonds. The van der Waals surface area contributed by atoms with Gasteiger partial charge in [-0.05, 0) is 94.5 Å². The van der Waals surface area contributed by atoms with Crippen LogP contribution in [0.1, 0.15) is 51.9 Å². The zero-order valence-corrected chi connectivity index (χ0v) is 31.5. The Bertz CT molecular complexity index is 2220. The third-order valence-corrected chi connectivity index (χ3v) is 10.7. The molecule has 1 aliphatic heterocycles. The Labute approximate surface area is 330 Å². The number of anilines is 1. The van der Waals surface area contributed by atoms with Gasteiger partial charge in [0.25, 0.3) is 0 Å². The first kappa shape index (κ1) is 38.4. The van der Waals surface area contributed by atoms with Crippen LogP contribution in [-0.4, -0.2) is 34.1 Å². The Kier molecular flexibility index (Phi) is 12.4. The summed E-state index contributed by atoms with van der Waals surface area (Å²) in [7, 11) is 0. The van der Waals surface area contributed by atoms with Crippen LogP contribution in [-0.2, 0) is 22.6 Å². The van der Waals surface area contributed by atoms with Crippen molar-refractivity contribution in [2.24, 2.45) is 5.92 Å². The van der Waals surface area contributed by atoms with E-state index in [-0.39, 0.29) is 36.3 Å². The molecule has 10 heteroatoms. The molecule has 56 heavy (non-hydrogen) atoms. The molecule has 1 saturated heterocycles. The lowest BCUT2D eigenvalue weighted by Crippen LogP contribution is -2.38. The van der Waals surface area contributed by atoms with Gasteiger partial charge in [0.1, 0.15) is 11.5 Å². The second-order valence-corrected chi connectivity index (χ2v) is 14.6. The average molecular weight is 767 g/mol. The molecular weight excluding hydrogens is 725 g/mol. The average Bonchev–Trinajstić information content (AvgIpc) is 3.24. The fourth-order valence-corrected chi connectivity index (χ4v) is 7.53. The van der Waals surface area contributed by atoms with Crippen molar-refractivity contribution in [2.75, 3.05) is 11.1 Å². The standard InChI is InChI=1S/C46H42N2O7S/c1-30-42(29-56-41-24-18-35(19-25-41)44(50)51)54-45(55-43(30)34-12-10-31(28-49)11-13-34)36-16-14-33(15-17-36)37-7-5-6-32(26-37)27-47-46(52)48-38-20-22-40(23-21-38)53-39-8-3-2-4-9-39/h2-26,30,42-43,45,49H,27-29H2,1H3,(H,50,51)(H2,47,48,52)/t30-,42+,43+,45+/m1/s1. The van der Waals surface area contributed by atoms with Crippen LogP contribution in [0.5, 0.6) is 11.5 Å². The maximum Gasteiger partial charge on any atom is 0.335 e. The highest BCUT2D eigenvalue weighted by atomic mass is 32.2. The van der Waals surface area contributed by atoms with Crippen molar-refractivity contribution in [3.63, 3.8) is 0 Å². The number of aliphatic hydroxyl groups is 1. The number of urea groups is 1. The predicted molar refractivity (Wildman–Crippen MR) is 218 cm³/mol. The molecule has 0 bridgehead atoms. The van der Waals surface area contributed by atoms with E-state index >= 15 is 0 Å². The minimum atomic E-state index is -0.953. The lowest BCUT2D eigenvalue weighted by atomic mass is 9.91. The summed E-state index contributed by atoms with van der Waals surface area (Å²) in [5.74, 6) is 1.12. The number of carboxylic acids is 1. The van der Waals surface area contributed by atoms with E-state index in [0.29, 0.717) is 23.7 Å². The summed E-state index contributed by atoms with van der Waals surface area (Å²) < 4.78 is 19.1. The second-order valence-electron chi connectivity index (χ2n) is 13.5. The maximum atomic E-state index is 12.7. The summed E-state index contributed by atoms with van der Waals surface area (Å²) in [5.41, 5.74) is 6.59. The van der Waals surface area contributed by atoms with Crippen LogP contribution in [0.4, 0.5) is 10.5 Å². The molecule has 0 saturated carbocycles. The van der Waals surface area contributed by atoms with Crippen LogP contribution >= 0.6 is 11.8 Å². The van der Waals surface area contributed by atoms with Gasteiger partial charge in [-0.15, -0.1) is 11.8 Å². The molecule has 0 unspecified atom stereocenters. The fraction of sp³-hybridized carbons (Fsp3) is 0.174. The zero-order valence-electron chi connectivity index (χ0n) is 30.7. The quantitative estimate of drug-likeness (QED) is 0.0856. The molecule has 0 aromatic heterocycles. The molecular formula is C46H42N2O7S. The van der Waals surface area contributed by atoms with Gasteiger partial charge >= 0.3 is 12.0 Å². The number of hydrogen-bond acceptors (Lipinski definition) is 7. The van der Waals surface area contributed by atoms with E-state index < -0.39 is 12.3 Å². The first-order valence-corrected chi connectivity index (χ1v) is 19.3. The minimum absolute atomic E-state index is 0.00907. The van der Waals surface area contributed by atoms with Crippen molar-refractivity contribution < 1.29 is 34.0 Å². The molecule has 6 aromatic rings. The topological polar surface area (TPSA) is 126 Å².